The van der Waals surface area contributed by atoms with Gasteiger partial charge in [-0.25, -0.2) is 0 Å². The molecule has 5 nitrogen and oxygen atoms in total. The number of Topliss-reactive ketones (excluding diaryl/α,β-unsaturated/α-hetero) is 1. The fourth-order valence-corrected chi connectivity index (χ4v) is 4.97. The molecule has 2 aromatic rings. The fourth-order valence-electron chi connectivity index (χ4n) is 4.97. The fraction of sp³-hybridized carbons (Fsp3) is 0.250. The average molecular weight is 433 g/mol. The van der Waals surface area contributed by atoms with E-state index in [9.17, 15) is 4.79 Å². The van der Waals surface area contributed by atoms with Crippen LogP contribution in [0.15, 0.2) is 64.7 Å². The summed E-state index contributed by atoms with van der Waals surface area (Å²) in [7, 11) is 0. The van der Waals surface area contributed by atoms with Crippen LogP contribution in [0.25, 0.3) is 12.2 Å². The van der Waals surface area contributed by atoms with Crippen LogP contribution < -0.4 is 5.32 Å². The highest BCUT2D eigenvalue weighted by Crippen LogP contribution is 2.56. The van der Waals surface area contributed by atoms with Crippen molar-refractivity contribution in [1.29, 1.82) is 5.26 Å². The molecule has 1 N–H and O–H groups in total. The van der Waals surface area contributed by atoms with Gasteiger partial charge in [0.05, 0.1) is 18.2 Å². The van der Waals surface area contributed by atoms with Gasteiger partial charge in [0.2, 0.25) is 0 Å². The van der Waals surface area contributed by atoms with E-state index in [0.717, 1.165) is 72.8 Å². The minimum Gasteiger partial charge on any atom is -0.354 e. The van der Waals surface area contributed by atoms with Crippen molar-refractivity contribution < 1.29 is 4.79 Å². The molecule has 2 aromatic carbocycles. The zero-order chi connectivity index (χ0) is 22.8. The van der Waals surface area contributed by atoms with Crippen molar-refractivity contribution in [3.8, 4) is 18.4 Å². The van der Waals surface area contributed by atoms with Crippen LogP contribution >= 0.6 is 0 Å². The molecule has 0 aromatic heterocycles. The standard InChI is InChI=1S/C28H24N4O/c1-2-20-3-5-21(6-4-20)17-24-26(33)25(18-22-7-9-23(19-29)10-8-22)28(24)11-15-32(16-12-28)27-30-13-14-31-27/h1,3-10,17-18H,11-16H2,(H,30,31)/b24-17-,25-18-. The number of piperidine rings is 1. The molecule has 2 heterocycles. The Balaban J connectivity index is 1.49. The predicted octanol–water partition coefficient (Wildman–Crippen LogP) is 3.63. The Labute approximate surface area is 194 Å². The Morgan fingerprint density at radius 1 is 0.970 bits per heavy atom. The second-order valence-corrected chi connectivity index (χ2v) is 8.65. The number of nitrogens with zero attached hydrogens (tertiary/aromatic N) is 3. The molecule has 0 atom stereocenters. The molecule has 162 valence electrons. The summed E-state index contributed by atoms with van der Waals surface area (Å²) in [4.78, 5) is 20.2. The number of guanidine groups is 1. The van der Waals surface area contributed by atoms with Gasteiger partial charge in [-0.05, 0) is 60.4 Å². The Bertz CT molecular complexity index is 1180. The number of carbonyl (C=O) groups is 1. The van der Waals surface area contributed by atoms with Crippen molar-refractivity contribution in [2.24, 2.45) is 10.4 Å². The molecule has 1 aliphatic carbocycles. The van der Waals surface area contributed by atoms with Crippen molar-refractivity contribution in [3.05, 3.63) is 81.9 Å². The van der Waals surface area contributed by atoms with Crippen molar-refractivity contribution in [2.75, 3.05) is 26.2 Å². The Kier molecular flexibility index (Phi) is 5.32. The van der Waals surface area contributed by atoms with Crippen molar-refractivity contribution in [1.82, 2.24) is 10.2 Å². The van der Waals surface area contributed by atoms with Crippen molar-refractivity contribution in [2.45, 2.75) is 12.8 Å². The topological polar surface area (TPSA) is 68.5 Å². The number of likely N-dealkylation sites (tertiary alicyclic amines) is 1. The minimum absolute atomic E-state index is 0.102. The molecule has 5 rings (SSSR count). The lowest BCUT2D eigenvalue weighted by Crippen LogP contribution is -2.53. The third-order valence-electron chi connectivity index (χ3n) is 6.83. The smallest absolute Gasteiger partial charge is 0.194 e. The molecule has 0 radical (unpaired) electrons. The first kappa shape index (κ1) is 20.8. The number of aliphatic imine (C=N–C) groups is 1. The number of allylic oxidation sites excluding steroid dienone is 2. The van der Waals surface area contributed by atoms with Gasteiger partial charge < -0.3 is 10.2 Å². The average Bonchev–Trinajstić information content (AvgIpc) is 3.42. The van der Waals surface area contributed by atoms with Crippen molar-refractivity contribution in [3.63, 3.8) is 0 Å². The normalized spacial score (nSPS) is 21.3. The Morgan fingerprint density at radius 3 is 2.03 bits per heavy atom. The van der Waals surface area contributed by atoms with Crippen LogP contribution in [-0.4, -0.2) is 42.8 Å². The van der Waals surface area contributed by atoms with Gasteiger partial charge in [0.1, 0.15) is 0 Å². The monoisotopic (exact) mass is 432 g/mol. The van der Waals surface area contributed by atoms with Crippen molar-refractivity contribution >= 4 is 23.9 Å². The van der Waals surface area contributed by atoms with Gasteiger partial charge in [0, 0.05) is 41.8 Å². The van der Waals surface area contributed by atoms with Gasteiger partial charge in [-0.1, -0.05) is 30.2 Å². The molecule has 0 unspecified atom stereocenters. The van der Waals surface area contributed by atoms with Gasteiger partial charge in [-0.3, -0.25) is 9.79 Å². The highest BCUT2D eigenvalue weighted by molar-refractivity contribution is 6.23. The first-order valence-corrected chi connectivity index (χ1v) is 11.2. The lowest BCUT2D eigenvalue weighted by atomic mass is 9.54. The zero-order valence-corrected chi connectivity index (χ0v) is 18.3. The van der Waals surface area contributed by atoms with Crippen LogP contribution in [-0.2, 0) is 4.79 Å². The second-order valence-electron chi connectivity index (χ2n) is 8.65. The minimum atomic E-state index is -0.272. The summed E-state index contributed by atoms with van der Waals surface area (Å²) in [5, 5.41) is 12.4. The molecule has 1 saturated carbocycles. The van der Waals surface area contributed by atoms with E-state index in [0.29, 0.717) is 5.56 Å². The molecular formula is C28H24N4O. The van der Waals surface area contributed by atoms with Crippen LogP contribution in [0.4, 0.5) is 0 Å². The molecule has 5 heteroatoms. The summed E-state index contributed by atoms with van der Waals surface area (Å²) in [6, 6.07) is 17.3. The SMILES string of the molecule is C#Cc1ccc(/C=C2/C(=O)/C(=C/c3ccc(C#N)cc3)C23CCN(C2=NCCN2)CC3)cc1. The summed E-state index contributed by atoms with van der Waals surface area (Å²) < 4.78 is 0. The molecule has 0 amide bonds. The number of benzene rings is 2. The van der Waals surface area contributed by atoms with Crippen LogP contribution in [0.5, 0.6) is 0 Å². The lowest BCUT2D eigenvalue weighted by molar-refractivity contribution is -0.118. The van der Waals surface area contributed by atoms with Gasteiger partial charge in [0.25, 0.3) is 0 Å². The van der Waals surface area contributed by atoms with Gasteiger partial charge in [-0.2, -0.15) is 5.26 Å². The van der Waals surface area contributed by atoms with E-state index in [2.05, 4.69) is 27.2 Å². The van der Waals surface area contributed by atoms with Crippen LogP contribution in [0, 0.1) is 29.1 Å². The van der Waals surface area contributed by atoms with E-state index >= 15 is 0 Å². The molecule has 3 aliphatic rings. The quantitative estimate of drug-likeness (QED) is 0.581. The van der Waals surface area contributed by atoms with E-state index < -0.39 is 0 Å². The number of nitriles is 1. The molecule has 0 bridgehead atoms. The number of nitrogens with one attached hydrogen (secondary N) is 1. The maximum Gasteiger partial charge on any atom is 0.194 e. The molecule has 2 aliphatic heterocycles. The van der Waals surface area contributed by atoms with E-state index in [4.69, 9.17) is 11.7 Å². The summed E-state index contributed by atoms with van der Waals surface area (Å²) in [5.74, 6) is 3.71. The highest BCUT2D eigenvalue weighted by Gasteiger charge is 2.54. The van der Waals surface area contributed by atoms with E-state index in [1.54, 1.807) is 12.1 Å². The van der Waals surface area contributed by atoms with Gasteiger partial charge in [-0.15, -0.1) is 6.42 Å². The zero-order valence-electron chi connectivity index (χ0n) is 18.3. The first-order chi connectivity index (χ1) is 16.1. The van der Waals surface area contributed by atoms with E-state index in [1.807, 2.05) is 48.6 Å². The third kappa shape index (κ3) is 3.73. The number of ketones is 1. The Morgan fingerprint density at radius 2 is 1.55 bits per heavy atom. The molecule has 2 fully saturated rings. The maximum atomic E-state index is 13.4. The summed E-state index contributed by atoms with van der Waals surface area (Å²) >= 11 is 0. The number of hydrogen-bond donors (Lipinski definition) is 1. The van der Waals surface area contributed by atoms with Crippen LogP contribution in [0.2, 0.25) is 0 Å². The molecule has 1 spiro atoms. The maximum absolute atomic E-state index is 13.4. The van der Waals surface area contributed by atoms with E-state index in [1.165, 1.54) is 0 Å². The Hall–Kier alpha value is -4.09. The van der Waals surface area contributed by atoms with Gasteiger partial charge >= 0.3 is 0 Å². The van der Waals surface area contributed by atoms with Crippen LogP contribution in [0.3, 0.4) is 0 Å². The van der Waals surface area contributed by atoms with Gasteiger partial charge in [0.15, 0.2) is 11.7 Å². The lowest BCUT2D eigenvalue weighted by Gasteiger charge is -2.51. The molecular weight excluding hydrogens is 408 g/mol. The number of terminal acetylenes is 1. The third-order valence-corrected chi connectivity index (χ3v) is 6.83. The first-order valence-electron chi connectivity index (χ1n) is 11.2. The molecule has 33 heavy (non-hydrogen) atoms. The summed E-state index contributed by atoms with van der Waals surface area (Å²) in [5.41, 5.74) is 4.83. The van der Waals surface area contributed by atoms with E-state index in [-0.39, 0.29) is 11.2 Å². The number of rotatable bonds is 2. The number of carbonyl (C=O) groups excluding carboxylic acids is 1. The summed E-state index contributed by atoms with van der Waals surface area (Å²) in [6.45, 7) is 3.39. The second kappa shape index (κ2) is 8.45. The largest absolute Gasteiger partial charge is 0.354 e. The van der Waals surface area contributed by atoms with Crippen LogP contribution in [0.1, 0.15) is 35.1 Å². The highest BCUT2D eigenvalue weighted by atomic mass is 16.1. The number of hydrogen-bond acceptors (Lipinski definition) is 5. The molecule has 1 saturated heterocycles. The summed E-state index contributed by atoms with van der Waals surface area (Å²) in [6.07, 6.45) is 11.2. The predicted molar refractivity (Wildman–Crippen MR) is 130 cm³/mol.